The van der Waals surface area contributed by atoms with Crippen LogP contribution in [0.1, 0.15) is 37.7 Å². The molecule has 5 heteroatoms. The number of methoxy groups -OCH3 is 1. The van der Waals surface area contributed by atoms with Gasteiger partial charge >= 0.3 is 5.97 Å². The fraction of sp³-hybridized carbons (Fsp3) is 0.615. The quantitative estimate of drug-likeness (QED) is 0.592. The number of ketones is 1. The molecule has 1 aromatic heterocycles. The molecule has 18 heavy (non-hydrogen) atoms. The predicted octanol–water partition coefficient (Wildman–Crippen LogP) is 1.83. The van der Waals surface area contributed by atoms with Gasteiger partial charge in [-0.3, -0.25) is 14.3 Å². The van der Waals surface area contributed by atoms with Crippen molar-refractivity contribution >= 4 is 11.8 Å². The highest BCUT2D eigenvalue weighted by Gasteiger charge is 2.27. The first-order chi connectivity index (χ1) is 8.36. The number of Topliss-reactive ketones (excluding diaryl/α,β-unsaturated/α-hetero) is 1. The number of aryl methyl sites for hydroxylation is 2. The van der Waals surface area contributed by atoms with Crippen molar-refractivity contribution in [2.45, 2.75) is 40.2 Å². The average molecular weight is 252 g/mol. The minimum absolute atomic E-state index is 0.0696. The summed E-state index contributed by atoms with van der Waals surface area (Å²) in [6.45, 7) is 7.67. The van der Waals surface area contributed by atoms with Crippen LogP contribution in [0, 0.1) is 19.8 Å². The van der Waals surface area contributed by atoms with Gasteiger partial charge in [0, 0.05) is 5.69 Å². The van der Waals surface area contributed by atoms with Gasteiger partial charge in [-0.15, -0.1) is 0 Å². The molecule has 1 heterocycles. The van der Waals surface area contributed by atoms with Crippen LogP contribution in [0.4, 0.5) is 0 Å². The molecule has 0 saturated heterocycles. The number of carbonyl (C=O) groups is 2. The van der Waals surface area contributed by atoms with E-state index in [-0.39, 0.29) is 18.1 Å². The number of hydrogen-bond donors (Lipinski definition) is 0. The Hall–Kier alpha value is -1.65. The maximum absolute atomic E-state index is 12.2. The highest BCUT2D eigenvalue weighted by atomic mass is 16.5. The third kappa shape index (κ3) is 3.18. The number of esters is 1. The topological polar surface area (TPSA) is 61.2 Å². The monoisotopic (exact) mass is 252 g/mol. The average Bonchev–Trinajstić information content (AvgIpc) is 2.57. The van der Waals surface area contributed by atoms with E-state index >= 15 is 0 Å². The molecule has 0 aliphatic heterocycles. The summed E-state index contributed by atoms with van der Waals surface area (Å²) in [5.41, 5.74) is 1.79. The lowest BCUT2D eigenvalue weighted by molar-refractivity contribution is -0.144. The first-order valence-corrected chi connectivity index (χ1v) is 5.99. The van der Waals surface area contributed by atoms with Crippen molar-refractivity contribution in [2.24, 2.45) is 5.92 Å². The number of carbonyl (C=O) groups excluding carboxylic acids is 2. The molecule has 0 spiro atoms. The van der Waals surface area contributed by atoms with Crippen LogP contribution in [0.5, 0.6) is 0 Å². The molecule has 5 nitrogen and oxygen atoms in total. The Morgan fingerprint density at radius 3 is 2.39 bits per heavy atom. The fourth-order valence-corrected chi connectivity index (χ4v) is 2.04. The molecule has 0 N–H and O–H groups in total. The number of hydrogen-bond acceptors (Lipinski definition) is 4. The maximum Gasteiger partial charge on any atom is 0.313 e. The maximum atomic E-state index is 12.2. The Morgan fingerprint density at radius 2 is 2.00 bits per heavy atom. The van der Waals surface area contributed by atoms with Gasteiger partial charge < -0.3 is 4.74 Å². The van der Waals surface area contributed by atoms with E-state index in [2.05, 4.69) is 9.84 Å². The molecule has 1 rings (SSSR count). The zero-order valence-corrected chi connectivity index (χ0v) is 11.6. The van der Waals surface area contributed by atoms with Gasteiger partial charge in [0.15, 0.2) is 5.78 Å². The summed E-state index contributed by atoms with van der Waals surface area (Å²) >= 11 is 0. The standard InChI is InChI=1S/C13H20N2O3/c1-8(2)13(11(16)7-12(17)18-5)15-10(4)6-9(3)14-15/h6,8,13H,7H2,1-5H3/t13-/m0/s1. The second kappa shape index (κ2) is 5.80. The molecule has 0 fully saturated rings. The van der Waals surface area contributed by atoms with Crippen molar-refractivity contribution in [2.75, 3.05) is 7.11 Å². The van der Waals surface area contributed by atoms with E-state index in [0.717, 1.165) is 11.4 Å². The van der Waals surface area contributed by atoms with Gasteiger partial charge in [0.05, 0.1) is 12.8 Å². The first-order valence-electron chi connectivity index (χ1n) is 5.99. The zero-order chi connectivity index (χ0) is 13.9. The second-order valence-electron chi connectivity index (χ2n) is 4.78. The van der Waals surface area contributed by atoms with Gasteiger partial charge in [0.2, 0.25) is 0 Å². The van der Waals surface area contributed by atoms with Crippen molar-refractivity contribution in [3.05, 3.63) is 17.5 Å². The number of aromatic nitrogens is 2. The van der Waals surface area contributed by atoms with Crippen LogP contribution in [0.25, 0.3) is 0 Å². The van der Waals surface area contributed by atoms with E-state index in [1.54, 1.807) is 4.68 Å². The molecule has 0 bridgehead atoms. The molecule has 0 aliphatic carbocycles. The highest BCUT2D eigenvalue weighted by molar-refractivity contribution is 5.97. The number of rotatable bonds is 5. The van der Waals surface area contributed by atoms with Gasteiger partial charge in [0.1, 0.15) is 12.5 Å². The Kier molecular flexibility index (Phi) is 4.64. The number of ether oxygens (including phenoxy) is 1. The lowest BCUT2D eigenvalue weighted by atomic mass is 9.98. The van der Waals surface area contributed by atoms with Gasteiger partial charge in [-0.1, -0.05) is 13.8 Å². The van der Waals surface area contributed by atoms with Crippen LogP contribution < -0.4 is 0 Å². The largest absolute Gasteiger partial charge is 0.469 e. The molecule has 100 valence electrons. The molecule has 0 unspecified atom stereocenters. The van der Waals surface area contributed by atoms with E-state index in [9.17, 15) is 9.59 Å². The third-order valence-corrected chi connectivity index (χ3v) is 2.82. The Labute approximate surface area is 107 Å². The van der Waals surface area contributed by atoms with Crippen molar-refractivity contribution < 1.29 is 14.3 Å². The summed E-state index contributed by atoms with van der Waals surface area (Å²) in [6.07, 6.45) is -0.211. The van der Waals surface area contributed by atoms with Crippen molar-refractivity contribution in [1.82, 2.24) is 9.78 Å². The van der Waals surface area contributed by atoms with Crippen molar-refractivity contribution in [1.29, 1.82) is 0 Å². The third-order valence-electron chi connectivity index (χ3n) is 2.82. The molecular formula is C13H20N2O3. The molecule has 0 amide bonds. The van der Waals surface area contributed by atoms with E-state index in [1.807, 2.05) is 33.8 Å². The summed E-state index contributed by atoms with van der Waals surface area (Å²) in [4.78, 5) is 23.4. The Morgan fingerprint density at radius 1 is 1.39 bits per heavy atom. The second-order valence-corrected chi connectivity index (χ2v) is 4.78. The van der Waals surface area contributed by atoms with Crippen LogP contribution in [0.3, 0.4) is 0 Å². The van der Waals surface area contributed by atoms with Crippen LogP contribution >= 0.6 is 0 Å². The smallest absolute Gasteiger partial charge is 0.313 e. The van der Waals surface area contributed by atoms with Crippen molar-refractivity contribution in [3.63, 3.8) is 0 Å². The van der Waals surface area contributed by atoms with Gasteiger partial charge in [-0.05, 0) is 25.8 Å². The fourth-order valence-electron chi connectivity index (χ4n) is 2.04. The highest BCUT2D eigenvalue weighted by Crippen LogP contribution is 2.22. The Balaban J connectivity index is 3.00. The normalized spacial score (nSPS) is 12.6. The molecule has 0 radical (unpaired) electrons. The van der Waals surface area contributed by atoms with Gasteiger partial charge in [-0.25, -0.2) is 0 Å². The lowest BCUT2D eigenvalue weighted by Gasteiger charge is -2.21. The minimum atomic E-state index is -0.507. The summed E-state index contributed by atoms with van der Waals surface area (Å²) < 4.78 is 6.23. The molecule has 0 aromatic carbocycles. The van der Waals surface area contributed by atoms with Gasteiger partial charge in [0.25, 0.3) is 0 Å². The van der Waals surface area contributed by atoms with Crippen LogP contribution in [0.15, 0.2) is 6.07 Å². The van der Waals surface area contributed by atoms with Crippen LogP contribution in [0.2, 0.25) is 0 Å². The van der Waals surface area contributed by atoms with E-state index in [1.165, 1.54) is 7.11 Å². The van der Waals surface area contributed by atoms with Gasteiger partial charge in [-0.2, -0.15) is 5.10 Å². The predicted molar refractivity (Wildman–Crippen MR) is 67.2 cm³/mol. The molecule has 0 saturated carbocycles. The summed E-state index contributed by atoms with van der Waals surface area (Å²) in [5, 5.41) is 4.33. The summed E-state index contributed by atoms with van der Waals surface area (Å²) in [6, 6.07) is 1.50. The molecule has 1 aromatic rings. The molecule has 1 atom stereocenters. The minimum Gasteiger partial charge on any atom is -0.469 e. The SMILES string of the molecule is COC(=O)CC(=O)[C@H](C(C)C)n1nc(C)cc1C. The van der Waals surface area contributed by atoms with E-state index in [0.29, 0.717) is 0 Å². The lowest BCUT2D eigenvalue weighted by Crippen LogP contribution is -2.28. The van der Waals surface area contributed by atoms with Crippen LogP contribution in [-0.4, -0.2) is 28.6 Å². The van der Waals surface area contributed by atoms with Crippen molar-refractivity contribution in [3.8, 4) is 0 Å². The summed E-state index contributed by atoms with van der Waals surface area (Å²) in [7, 11) is 1.28. The molecular weight excluding hydrogens is 232 g/mol. The number of nitrogens with zero attached hydrogens (tertiary/aromatic N) is 2. The first kappa shape index (κ1) is 14.4. The van der Waals surface area contributed by atoms with E-state index < -0.39 is 12.0 Å². The molecule has 0 aliphatic rings. The van der Waals surface area contributed by atoms with E-state index in [4.69, 9.17) is 0 Å². The summed E-state index contributed by atoms with van der Waals surface area (Å²) in [5.74, 6) is -0.601. The Bertz CT molecular complexity index is 449. The van der Waals surface area contributed by atoms with Crippen LogP contribution in [-0.2, 0) is 14.3 Å². The zero-order valence-electron chi connectivity index (χ0n) is 11.6.